The Morgan fingerprint density at radius 3 is 2.75 bits per heavy atom. The largest absolute Gasteiger partial charge is 0.481 e. The monoisotopic (exact) mass is 282 g/mol. The third-order valence-electron chi connectivity index (χ3n) is 5.94. The van der Waals surface area contributed by atoms with Gasteiger partial charge in [-0.2, -0.15) is 0 Å². The molecule has 2 fully saturated rings. The van der Waals surface area contributed by atoms with Crippen LogP contribution in [0.4, 0.5) is 0 Å². The molecule has 0 aliphatic heterocycles. The fraction of sp³-hybridized carbons (Fsp3) is 0.875. The lowest BCUT2D eigenvalue weighted by atomic mass is 9.58. The maximum Gasteiger partial charge on any atom is 0.303 e. The van der Waals surface area contributed by atoms with Gasteiger partial charge in [-0.3, -0.25) is 9.59 Å². The number of hydrogen-bond acceptors (Lipinski definition) is 3. The van der Waals surface area contributed by atoms with E-state index in [4.69, 9.17) is 5.11 Å². The predicted molar refractivity (Wildman–Crippen MR) is 75.2 cm³/mol. The predicted octanol–water partition coefficient (Wildman–Crippen LogP) is 2.49. The Balaban J connectivity index is 2.16. The van der Waals surface area contributed by atoms with Gasteiger partial charge in [0.2, 0.25) is 0 Å². The number of hydrogen-bond donors (Lipinski definition) is 2. The lowest BCUT2D eigenvalue weighted by Gasteiger charge is -2.45. The van der Waals surface area contributed by atoms with E-state index in [0.717, 1.165) is 19.3 Å². The molecule has 0 radical (unpaired) electrons. The van der Waals surface area contributed by atoms with E-state index in [1.807, 2.05) is 0 Å². The quantitative estimate of drug-likeness (QED) is 0.812. The summed E-state index contributed by atoms with van der Waals surface area (Å²) in [6.45, 7) is 4.53. The molecule has 0 aromatic rings. The lowest BCUT2D eigenvalue weighted by molar-refractivity contribution is -0.139. The molecule has 1 unspecified atom stereocenters. The molecule has 4 nitrogen and oxygen atoms in total. The number of rotatable bonds is 5. The number of carboxylic acid groups (broad SMARTS) is 1. The van der Waals surface area contributed by atoms with Gasteiger partial charge in [0.1, 0.15) is 5.78 Å². The molecular weight excluding hydrogens is 256 g/mol. The zero-order chi connectivity index (χ0) is 14.9. The minimum atomic E-state index is -0.816. The normalized spacial score (nSPS) is 38.5. The van der Waals surface area contributed by atoms with E-state index in [1.165, 1.54) is 0 Å². The van der Waals surface area contributed by atoms with E-state index < -0.39 is 5.97 Å². The molecule has 0 heterocycles. The summed E-state index contributed by atoms with van der Waals surface area (Å²) in [5.41, 5.74) is 0.0965. The molecule has 2 rings (SSSR count). The van der Waals surface area contributed by atoms with E-state index >= 15 is 0 Å². The number of fused-ring (bicyclic) bond motifs is 1. The Morgan fingerprint density at radius 2 is 2.15 bits per heavy atom. The first-order valence-corrected chi connectivity index (χ1v) is 7.75. The Hall–Kier alpha value is -0.900. The van der Waals surface area contributed by atoms with Crippen LogP contribution in [0.1, 0.15) is 52.4 Å². The second-order valence-electron chi connectivity index (χ2n) is 6.96. The van der Waals surface area contributed by atoms with E-state index in [1.54, 1.807) is 0 Å². The maximum atomic E-state index is 12.2. The van der Waals surface area contributed by atoms with E-state index in [-0.39, 0.29) is 36.1 Å². The molecule has 0 saturated heterocycles. The average Bonchev–Trinajstić information content (AvgIpc) is 2.75. The van der Waals surface area contributed by atoms with Crippen LogP contribution >= 0.6 is 0 Å². The van der Waals surface area contributed by atoms with Crippen LogP contribution in [0.3, 0.4) is 0 Å². The summed E-state index contributed by atoms with van der Waals surface area (Å²) in [7, 11) is 0. The molecule has 0 aromatic carbocycles. The summed E-state index contributed by atoms with van der Waals surface area (Å²) in [5, 5.41) is 18.3. The van der Waals surface area contributed by atoms with Crippen molar-refractivity contribution in [3.63, 3.8) is 0 Å². The standard InChI is InChI=1S/C16H26O4/c1-10(9-17)12-4-5-13-11(3-6-15(19)20)14(18)7-8-16(12,13)2/h10-13,17H,3-9H2,1-2H3,(H,19,20)/t10-,11+,12-,13?,16-/m1/s1. The van der Waals surface area contributed by atoms with Crippen molar-refractivity contribution in [2.45, 2.75) is 52.4 Å². The average molecular weight is 282 g/mol. The van der Waals surface area contributed by atoms with Crippen LogP contribution in [0.2, 0.25) is 0 Å². The number of Topliss-reactive ketones (excluding diaryl/α,β-unsaturated/α-hetero) is 1. The van der Waals surface area contributed by atoms with Crippen LogP contribution in [-0.2, 0) is 9.59 Å². The Morgan fingerprint density at radius 1 is 1.45 bits per heavy atom. The van der Waals surface area contributed by atoms with Gasteiger partial charge in [-0.1, -0.05) is 13.8 Å². The molecule has 0 aromatic heterocycles. The van der Waals surface area contributed by atoms with Gasteiger partial charge in [-0.25, -0.2) is 0 Å². The number of carbonyl (C=O) groups is 2. The Bertz CT molecular complexity index is 392. The number of aliphatic hydroxyl groups excluding tert-OH is 1. The number of ketones is 1. The van der Waals surface area contributed by atoms with E-state index in [9.17, 15) is 14.7 Å². The zero-order valence-corrected chi connectivity index (χ0v) is 12.5. The van der Waals surface area contributed by atoms with Gasteiger partial charge in [0.05, 0.1) is 0 Å². The first-order valence-electron chi connectivity index (χ1n) is 7.75. The number of aliphatic carboxylic acids is 1. The zero-order valence-electron chi connectivity index (χ0n) is 12.5. The van der Waals surface area contributed by atoms with Gasteiger partial charge in [-0.05, 0) is 48.9 Å². The molecule has 5 atom stereocenters. The molecule has 0 amide bonds. The minimum absolute atomic E-state index is 0.0826. The molecule has 2 N–H and O–H groups in total. The van der Waals surface area contributed by atoms with Crippen LogP contribution in [0.25, 0.3) is 0 Å². The van der Waals surface area contributed by atoms with Crippen LogP contribution in [0.5, 0.6) is 0 Å². The summed E-state index contributed by atoms with van der Waals surface area (Å²) < 4.78 is 0. The van der Waals surface area contributed by atoms with Crippen LogP contribution in [-0.4, -0.2) is 28.6 Å². The molecule has 0 spiro atoms. The summed E-state index contributed by atoms with van der Waals surface area (Å²) in [5.74, 6) is 0.383. The second kappa shape index (κ2) is 5.84. The highest BCUT2D eigenvalue weighted by Crippen LogP contribution is 2.59. The number of carbonyl (C=O) groups excluding carboxylic acids is 1. The molecule has 2 saturated carbocycles. The molecule has 114 valence electrons. The summed E-state index contributed by atoms with van der Waals surface area (Å²) in [6.07, 6.45) is 4.10. The smallest absolute Gasteiger partial charge is 0.303 e. The SMILES string of the molecule is C[C@H](CO)[C@H]1CCC2[C@H](CCC(=O)O)C(=O)CC[C@@]21C. The van der Waals surface area contributed by atoms with Crippen molar-refractivity contribution < 1.29 is 19.8 Å². The van der Waals surface area contributed by atoms with E-state index in [2.05, 4.69) is 13.8 Å². The van der Waals surface area contributed by atoms with Gasteiger partial charge in [0.15, 0.2) is 0 Å². The van der Waals surface area contributed by atoms with E-state index in [0.29, 0.717) is 24.7 Å². The maximum absolute atomic E-state index is 12.2. The first kappa shape index (κ1) is 15.5. The molecule has 2 aliphatic carbocycles. The van der Waals surface area contributed by atoms with Crippen LogP contribution < -0.4 is 0 Å². The molecular formula is C16H26O4. The van der Waals surface area contributed by atoms with Gasteiger partial charge in [0, 0.05) is 25.4 Å². The van der Waals surface area contributed by atoms with Crippen LogP contribution in [0.15, 0.2) is 0 Å². The molecule has 20 heavy (non-hydrogen) atoms. The topological polar surface area (TPSA) is 74.6 Å². The van der Waals surface area contributed by atoms with Crippen molar-refractivity contribution in [2.75, 3.05) is 6.61 Å². The van der Waals surface area contributed by atoms with Gasteiger partial charge in [0.25, 0.3) is 0 Å². The highest BCUT2D eigenvalue weighted by molar-refractivity contribution is 5.83. The van der Waals surface area contributed by atoms with Gasteiger partial charge in [-0.15, -0.1) is 0 Å². The van der Waals surface area contributed by atoms with Crippen molar-refractivity contribution in [1.29, 1.82) is 0 Å². The first-order chi connectivity index (χ1) is 9.40. The van der Waals surface area contributed by atoms with Gasteiger partial charge >= 0.3 is 5.97 Å². The van der Waals surface area contributed by atoms with Crippen molar-refractivity contribution in [1.82, 2.24) is 0 Å². The fourth-order valence-corrected chi connectivity index (χ4v) is 4.83. The Kier molecular flexibility index (Phi) is 4.52. The summed E-state index contributed by atoms with van der Waals surface area (Å²) in [4.78, 5) is 23.0. The summed E-state index contributed by atoms with van der Waals surface area (Å²) in [6, 6.07) is 0. The van der Waals surface area contributed by atoms with Crippen molar-refractivity contribution in [3.05, 3.63) is 0 Å². The Labute approximate surface area is 120 Å². The highest BCUT2D eigenvalue weighted by Gasteiger charge is 2.54. The molecule has 0 bridgehead atoms. The van der Waals surface area contributed by atoms with Crippen molar-refractivity contribution >= 4 is 11.8 Å². The van der Waals surface area contributed by atoms with Crippen LogP contribution in [0, 0.1) is 29.1 Å². The third kappa shape index (κ3) is 2.62. The number of carboxylic acids is 1. The molecule has 2 aliphatic rings. The third-order valence-corrected chi connectivity index (χ3v) is 5.94. The number of aliphatic hydroxyl groups is 1. The second-order valence-corrected chi connectivity index (χ2v) is 6.96. The molecule has 4 heteroatoms. The van der Waals surface area contributed by atoms with Gasteiger partial charge < -0.3 is 10.2 Å². The highest BCUT2D eigenvalue weighted by atomic mass is 16.4. The fourth-order valence-electron chi connectivity index (χ4n) is 4.83. The van der Waals surface area contributed by atoms with Crippen molar-refractivity contribution in [3.8, 4) is 0 Å². The van der Waals surface area contributed by atoms with Crippen molar-refractivity contribution in [2.24, 2.45) is 29.1 Å². The summed E-state index contributed by atoms with van der Waals surface area (Å²) >= 11 is 0. The minimum Gasteiger partial charge on any atom is -0.481 e. The lowest BCUT2D eigenvalue weighted by Crippen LogP contribution is -2.43.